The summed E-state index contributed by atoms with van der Waals surface area (Å²) in [6.07, 6.45) is 0.997. The summed E-state index contributed by atoms with van der Waals surface area (Å²) >= 11 is 7.56. The quantitative estimate of drug-likeness (QED) is 0.858. The maximum Gasteiger partial charge on any atom is 0.123 e. The minimum atomic E-state index is 0.270. The Morgan fingerprint density at radius 2 is 2.05 bits per heavy atom. The third kappa shape index (κ3) is 3.96. The van der Waals surface area contributed by atoms with Crippen LogP contribution in [0.25, 0.3) is 0 Å². The zero-order valence-electron chi connectivity index (χ0n) is 11.2. The van der Waals surface area contributed by atoms with Crippen molar-refractivity contribution in [2.45, 2.75) is 19.4 Å². The maximum absolute atomic E-state index is 5.92. The van der Waals surface area contributed by atoms with E-state index in [1.807, 2.05) is 24.3 Å². The third-order valence-electron chi connectivity index (χ3n) is 3.06. The van der Waals surface area contributed by atoms with E-state index < -0.39 is 0 Å². The molecule has 1 aromatic carbocycles. The molecular weight excluding hydrogens is 278 g/mol. The lowest BCUT2D eigenvalue weighted by Crippen LogP contribution is -2.21. The van der Waals surface area contributed by atoms with Crippen LogP contribution in [0.1, 0.15) is 23.4 Å². The highest BCUT2D eigenvalue weighted by molar-refractivity contribution is 7.16. The summed E-state index contributed by atoms with van der Waals surface area (Å²) < 4.78 is 6.23. The van der Waals surface area contributed by atoms with Gasteiger partial charge in [-0.15, -0.1) is 11.3 Å². The van der Waals surface area contributed by atoms with E-state index in [0.717, 1.165) is 23.1 Å². The van der Waals surface area contributed by atoms with Gasteiger partial charge in [0.25, 0.3) is 0 Å². The highest BCUT2D eigenvalue weighted by Gasteiger charge is 2.09. The van der Waals surface area contributed by atoms with Crippen molar-refractivity contribution in [3.05, 3.63) is 51.2 Å². The lowest BCUT2D eigenvalue weighted by Gasteiger charge is -2.16. The fraction of sp³-hybridized carbons (Fsp3) is 0.333. The normalized spacial score (nSPS) is 12.4. The summed E-state index contributed by atoms with van der Waals surface area (Å²) in [6.45, 7) is 3.08. The first-order valence-corrected chi connectivity index (χ1v) is 7.50. The Morgan fingerprint density at radius 3 is 2.74 bits per heavy atom. The van der Waals surface area contributed by atoms with Gasteiger partial charge < -0.3 is 10.1 Å². The number of hydrogen-bond acceptors (Lipinski definition) is 3. The Kier molecular flexibility index (Phi) is 5.25. The van der Waals surface area contributed by atoms with E-state index >= 15 is 0 Å². The summed E-state index contributed by atoms with van der Waals surface area (Å²) in [5.74, 6) is 0.932. The average Bonchev–Trinajstić information content (AvgIpc) is 2.84. The number of halogens is 1. The van der Waals surface area contributed by atoms with E-state index in [1.165, 1.54) is 10.4 Å². The Labute approximate surface area is 123 Å². The molecule has 0 amide bonds. The Morgan fingerprint density at radius 1 is 1.26 bits per heavy atom. The van der Waals surface area contributed by atoms with Crippen LogP contribution in [-0.2, 0) is 6.42 Å². The molecule has 1 aromatic heterocycles. The van der Waals surface area contributed by atoms with Crippen LogP contribution >= 0.6 is 22.9 Å². The second kappa shape index (κ2) is 6.94. The summed E-state index contributed by atoms with van der Waals surface area (Å²) in [5.41, 5.74) is 1.19. The van der Waals surface area contributed by atoms with Gasteiger partial charge in [0.15, 0.2) is 0 Å². The van der Waals surface area contributed by atoms with Gasteiger partial charge in [0, 0.05) is 23.0 Å². The van der Waals surface area contributed by atoms with Gasteiger partial charge in [-0.1, -0.05) is 29.8 Å². The van der Waals surface area contributed by atoms with Crippen molar-refractivity contribution >= 4 is 22.9 Å². The van der Waals surface area contributed by atoms with E-state index in [2.05, 4.69) is 24.4 Å². The topological polar surface area (TPSA) is 21.3 Å². The highest BCUT2D eigenvalue weighted by atomic mass is 35.5. The summed E-state index contributed by atoms with van der Waals surface area (Å²) in [5, 5.41) is 3.51. The van der Waals surface area contributed by atoms with Crippen molar-refractivity contribution < 1.29 is 4.74 Å². The van der Waals surface area contributed by atoms with Gasteiger partial charge in [-0.25, -0.2) is 0 Å². The van der Waals surface area contributed by atoms with Crippen LogP contribution in [0.5, 0.6) is 5.75 Å². The zero-order valence-corrected chi connectivity index (χ0v) is 12.7. The van der Waals surface area contributed by atoms with Crippen molar-refractivity contribution in [3.63, 3.8) is 0 Å². The molecule has 2 rings (SSSR count). The van der Waals surface area contributed by atoms with Crippen molar-refractivity contribution in [3.8, 4) is 5.75 Å². The summed E-state index contributed by atoms with van der Waals surface area (Å²) in [4.78, 5) is 1.31. The van der Waals surface area contributed by atoms with Crippen LogP contribution in [0, 0.1) is 0 Å². The van der Waals surface area contributed by atoms with Crippen molar-refractivity contribution in [2.24, 2.45) is 0 Å². The molecule has 0 aliphatic heterocycles. The van der Waals surface area contributed by atoms with Crippen LogP contribution in [0.2, 0.25) is 4.34 Å². The van der Waals surface area contributed by atoms with Crippen LogP contribution < -0.4 is 10.1 Å². The molecule has 1 N–H and O–H groups in total. The van der Waals surface area contributed by atoms with Crippen molar-refractivity contribution in [1.82, 2.24) is 5.32 Å². The van der Waals surface area contributed by atoms with Crippen LogP contribution in [0.15, 0.2) is 36.4 Å². The molecule has 4 heteroatoms. The van der Waals surface area contributed by atoms with Gasteiger partial charge in [-0.2, -0.15) is 0 Å². The number of para-hydroxylation sites is 1. The first kappa shape index (κ1) is 14.4. The SMILES string of the molecule is COc1ccccc1C(C)NCCc1ccc(Cl)s1. The largest absolute Gasteiger partial charge is 0.496 e. The number of nitrogens with one attached hydrogen (secondary N) is 1. The van der Waals surface area contributed by atoms with Gasteiger partial charge in [0.2, 0.25) is 0 Å². The average molecular weight is 296 g/mol. The predicted octanol–water partition coefficient (Wildman–Crippen LogP) is 4.30. The molecule has 0 bridgehead atoms. The zero-order chi connectivity index (χ0) is 13.7. The van der Waals surface area contributed by atoms with Crippen molar-refractivity contribution in [1.29, 1.82) is 0 Å². The number of hydrogen-bond donors (Lipinski definition) is 1. The molecule has 1 atom stereocenters. The van der Waals surface area contributed by atoms with Crippen molar-refractivity contribution in [2.75, 3.05) is 13.7 Å². The number of methoxy groups -OCH3 is 1. The molecule has 1 unspecified atom stereocenters. The number of ether oxygens (including phenoxy) is 1. The van der Waals surface area contributed by atoms with E-state index in [4.69, 9.17) is 16.3 Å². The Hall–Kier alpha value is -1.03. The van der Waals surface area contributed by atoms with E-state index in [9.17, 15) is 0 Å². The molecule has 0 spiro atoms. The number of rotatable bonds is 6. The molecule has 0 saturated heterocycles. The van der Waals surface area contributed by atoms with Gasteiger partial charge in [0.05, 0.1) is 11.4 Å². The highest BCUT2D eigenvalue weighted by Crippen LogP contribution is 2.25. The maximum atomic E-state index is 5.92. The van der Waals surface area contributed by atoms with E-state index in [-0.39, 0.29) is 6.04 Å². The molecular formula is C15H18ClNOS. The lowest BCUT2D eigenvalue weighted by atomic mass is 10.1. The fourth-order valence-corrected chi connectivity index (χ4v) is 3.12. The molecule has 19 heavy (non-hydrogen) atoms. The predicted molar refractivity (Wildman–Crippen MR) is 82.4 cm³/mol. The molecule has 102 valence electrons. The minimum Gasteiger partial charge on any atom is -0.496 e. The Bertz CT molecular complexity index is 526. The van der Waals surface area contributed by atoms with Gasteiger partial charge >= 0.3 is 0 Å². The molecule has 0 fully saturated rings. The first-order chi connectivity index (χ1) is 9.20. The first-order valence-electron chi connectivity index (χ1n) is 6.31. The monoisotopic (exact) mass is 295 g/mol. The molecule has 0 saturated carbocycles. The third-order valence-corrected chi connectivity index (χ3v) is 4.35. The number of benzene rings is 1. The second-order valence-electron chi connectivity index (χ2n) is 4.37. The molecule has 1 heterocycles. The molecule has 0 aliphatic carbocycles. The van der Waals surface area contributed by atoms with Crippen LogP contribution in [0.3, 0.4) is 0 Å². The minimum absolute atomic E-state index is 0.270. The smallest absolute Gasteiger partial charge is 0.123 e. The van der Waals surface area contributed by atoms with Gasteiger partial charge in [-0.3, -0.25) is 0 Å². The number of thiophene rings is 1. The molecule has 0 radical (unpaired) electrons. The summed E-state index contributed by atoms with van der Waals surface area (Å²) in [6, 6.07) is 12.4. The molecule has 2 nitrogen and oxygen atoms in total. The lowest BCUT2D eigenvalue weighted by molar-refractivity contribution is 0.402. The van der Waals surface area contributed by atoms with E-state index in [0.29, 0.717) is 0 Å². The summed E-state index contributed by atoms with van der Waals surface area (Å²) in [7, 11) is 1.71. The van der Waals surface area contributed by atoms with Crippen LogP contribution in [-0.4, -0.2) is 13.7 Å². The van der Waals surface area contributed by atoms with E-state index in [1.54, 1.807) is 18.4 Å². The van der Waals surface area contributed by atoms with Crippen LogP contribution in [0.4, 0.5) is 0 Å². The standard InChI is InChI=1S/C15H18ClNOS/c1-11(13-5-3-4-6-14(13)18-2)17-10-9-12-7-8-15(16)19-12/h3-8,11,17H,9-10H2,1-2H3. The fourth-order valence-electron chi connectivity index (χ4n) is 2.03. The molecule has 0 aliphatic rings. The second-order valence-corrected chi connectivity index (χ2v) is 6.17. The Balaban J connectivity index is 1.88. The van der Waals surface area contributed by atoms with Gasteiger partial charge in [-0.05, 0) is 31.5 Å². The van der Waals surface area contributed by atoms with Gasteiger partial charge in [0.1, 0.15) is 5.75 Å². The molecule has 2 aromatic rings.